The molecule has 21 heavy (non-hydrogen) atoms. The highest BCUT2D eigenvalue weighted by molar-refractivity contribution is 5.98. The molecule has 1 aliphatic rings. The summed E-state index contributed by atoms with van der Waals surface area (Å²) in [7, 11) is 0. The summed E-state index contributed by atoms with van der Waals surface area (Å²) in [6.07, 6.45) is -1.15. The van der Waals surface area contributed by atoms with Gasteiger partial charge in [-0.25, -0.2) is 0 Å². The molecule has 2 rings (SSSR count). The fourth-order valence-corrected chi connectivity index (χ4v) is 3.13. The second-order valence-corrected chi connectivity index (χ2v) is 5.92. The van der Waals surface area contributed by atoms with E-state index in [-0.39, 0.29) is 18.6 Å². The van der Waals surface area contributed by atoms with Gasteiger partial charge in [0.15, 0.2) is 5.78 Å². The van der Waals surface area contributed by atoms with Crippen molar-refractivity contribution in [1.29, 1.82) is 0 Å². The Hall–Kier alpha value is -1.32. The molecule has 1 aliphatic carbocycles. The molecule has 4 heteroatoms. The van der Waals surface area contributed by atoms with Crippen LogP contribution in [-0.4, -0.2) is 12.0 Å². The average molecular weight is 298 g/mol. The number of carbonyl (C=O) groups is 1. The Kier molecular flexibility index (Phi) is 5.07. The minimum atomic E-state index is -4.18. The molecule has 0 heterocycles. The molecule has 0 N–H and O–H groups in total. The minimum Gasteiger partial charge on any atom is -0.294 e. The van der Waals surface area contributed by atoms with Gasteiger partial charge in [0, 0.05) is 11.5 Å². The Balaban J connectivity index is 2.10. The summed E-state index contributed by atoms with van der Waals surface area (Å²) < 4.78 is 38.5. The van der Waals surface area contributed by atoms with Gasteiger partial charge in [-0.2, -0.15) is 13.2 Å². The van der Waals surface area contributed by atoms with Crippen LogP contribution in [0.1, 0.15) is 54.9 Å². The first-order chi connectivity index (χ1) is 9.91. The standard InChI is InChI=1S/C17H21F3O/c1-2-5-12-6-3-7-13(10-12)16(21)14-8-4-9-15(11-14)17(18,19)20/h3,6-7,10,14-15H,2,4-5,8-9,11H2,1H3. The third-order valence-corrected chi connectivity index (χ3v) is 4.26. The van der Waals surface area contributed by atoms with Crippen molar-refractivity contribution >= 4 is 5.78 Å². The molecule has 0 aliphatic heterocycles. The molecule has 1 saturated carbocycles. The van der Waals surface area contributed by atoms with E-state index in [2.05, 4.69) is 6.92 Å². The number of hydrogen-bond acceptors (Lipinski definition) is 1. The van der Waals surface area contributed by atoms with Gasteiger partial charge in [-0.1, -0.05) is 38.0 Å². The zero-order valence-corrected chi connectivity index (χ0v) is 12.2. The molecule has 1 aromatic rings. The Morgan fingerprint density at radius 2 is 2.05 bits per heavy atom. The molecule has 0 saturated heterocycles. The summed E-state index contributed by atoms with van der Waals surface area (Å²) >= 11 is 0. The summed E-state index contributed by atoms with van der Waals surface area (Å²) in [4.78, 5) is 12.5. The first-order valence-corrected chi connectivity index (χ1v) is 7.61. The fourth-order valence-electron chi connectivity index (χ4n) is 3.13. The topological polar surface area (TPSA) is 17.1 Å². The number of aryl methyl sites for hydroxylation is 1. The number of Topliss-reactive ketones (excluding diaryl/α,β-unsaturated/α-hetero) is 1. The summed E-state index contributed by atoms with van der Waals surface area (Å²) in [5.41, 5.74) is 1.64. The van der Waals surface area contributed by atoms with Crippen LogP contribution >= 0.6 is 0 Å². The van der Waals surface area contributed by atoms with Gasteiger partial charge in [-0.15, -0.1) is 0 Å². The number of alkyl halides is 3. The zero-order valence-electron chi connectivity index (χ0n) is 12.2. The minimum absolute atomic E-state index is 0.0552. The van der Waals surface area contributed by atoms with Gasteiger partial charge in [0.25, 0.3) is 0 Å². The monoisotopic (exact) mass is 298 g/mol. The van der Waals surface area contributed by atoms with E-state index in [0.29, 0.717) is 18.4 Å². The van der Waals surface area contributed by atoms with E-state index in [1.165, 1.54) is 0 Å². The summed E-state index contributed by atoms with van der Waals surface area (Å²) in [6.45, 7) is 2.06. The van der Waals surface area contributed by atoms with E-state index in [1.54, 1.807) is 6.07 Å². The summed E-state index contributed by atoms with van der Waals surface area (Å²) in [5, 5.41) is 0. The molecule has 1 nitrogen and oxygen atoms in total. The Morgan fingerprint density at radius 1 is 1.29 bits per heavy atom. The van der Waals surface area contributed by atoms with E-state index < -0.39 is 18.0 Å². The summed E-state index contributed by atoms with van der Waals surface area (Å²) in [6, 6.07) is 7.34. The molecule has 0 spiro atoms. The van der Waals surface area contributed by atoms with Gasteiger partial charge in [0.1, 0.15) is 0 Å². The molecule has 116 valence electrons. The van der Waals surface area contributed by atoms with Crippen molar-refractivity contribution in [3.63, 3.8) is 0 Å². The maximum atomic E-state index is 12.8. The quantitative estimate of drug-likeness (QED) is 0.699. The van der Waals surface area contributed by atoms with Gasteiger partial charge < -0.3 is 0 Å². The lowest BCUT2D eigenvalue weighted by Gasteiger charge is -2.29. The number of rotatable bonds is 4. The highest BCUT2D eigenvalue weighted by atomic mass is 19.4. The van der Waals surface area contributed by atoms with E-state index in [4.69, 9.17) is 0 Å². The van der Waals surface area contributed by atoms with Crippen molar-refractivity contribution in [2.24, 2.45) is 11.8 Å². The lowest BCUT2D eigenvalue weighted by Crippen LogP contribution is -2.31. The van der Waals surface area contributed by atoms with Gasteiger partial charge in [-0.05, 0) is 37.3 Å². The predicted molar refractivity (Wildman–Crippen MR) is 76.3 cm³/mol. The highest BCUT2D eigenvalue weighted by Gasteiger charge is 2.43. The van der Waals surface area contributed by atoms with Crippen LogP contribution in [0.5, 0.6) is 0 Å². The van der Waals surface area contributed by atoms with Gasteiger partial charge in [-0.3, -0.25) is 4.79 Å². The fraction of sp³-hybridized carbons (Fsp3) is 0.588. The van der Waals surface area contributed by atoms with Crippen molar-refractivity contribution in [1.82, 2.24) is 0 Å². The van der Waals surface area contributed by atoms with Crippen molar-refractivity contribution in [2.75, 3.05) is 0 Å². The molecule has 1 aromatic carbocycles. The number of halogens is 3. The Bertz CT molecular complexity index is 493. The van der Waals surface area contributed by atoms with E-state index >= 15 is 0 Å². The first kappa shape index (κ1) is 16.1. The smallest absolute Gasteiger partial charge is 0.294 e. The lowest BCUT2D eigenvalue weighted by molar-refractivity contribution is -0.184. The maximum Gasteiger partial charge on any atom is 0.391 e. The van der Waals surface area contributed by atoms with Crippen molar-refractivity contribution in [3.05, 3.63) is 35.4 Å². The average Bonchev–Trinajstić information content (AvgIpc) is 2.46. The third kappa shape index (κ3) is 4.08. The van der Waals surface area contributed by atoms with Crippen molar-refractivity contribution < 1.29 is 18.0 Å². The second kappa shape index (κ2) is 6.63. The highest BCUT2D eigenvalue weighted by Crippen LogP contribution is 2.40. The molecular weight excluding hydrogens is 277 g/mol. The van der Waals surface area contributed by atoms with E-state index in [9.17, 15) is 18.0 Å². The molecule has 0 aromatic heterocycles. The van der Waals surface area contributed by atoms with Gasteiger partial charge in [0.2, 0.25) is 0 Å². The third-order valence-electron chi connectivity index (χ3n) is 4.26. The summed E-state index contributed by atoms with van der Waals surface area (Å²) in [5.74, 6) is -1.93. The molecule has 0 amide bonds. The van der Waals surface area contributed by atoms with Crippen molar-refractivity contribution in [2.45, 2.75) is 51.6 Å². The molecule has 0 bridgehead atoms. The zero-order chi connectivity index (χ0) is 15.5. The van der Waals surface area contributed by atoms with Gasteiger partial charge >= 0.3 is 6.18 Å². The Labute approximate surface area is 123 Å². The molecular formula is C17H21F3O. The first-order valence-electron chi connectivity index (χ1n) is 7.61. The predicted octanol–water partition coefficient (Wildman–Crippen LogP) is 5.19. The van der Waals surface area contributed by atoms with E-state index in [1.807, 2.05) is 18.2 Å². The van der Waals surface area contributed by atoms with Gasteiger partial charge in [0.05, 0.1) is 5.92 Å². The van der Waals surface area contributed by atoms with E-state index in [0.717, 1.165) is 18.4 Å². The second-order valence-electron chi connectivity index (χ2n) is 5.92. The van der Waals surface area contributed by atoms with Crippen LogP contribution in [0.2, 0.25) is 0 Å². The van der Waals surface area contributed by atoms with Crippen LogP contribution in [0.3, 0.4) is 0 Å². The lowest BCUT2D eigenvalue weighted by atomic mass is 9.77. The largest absolute Gasteiger partial charge is 0.391 e. The van der Waals surface area contributed by atoms with Crippen LogP contribution in [0, 0.1) is 11.8 Å². The number of carbonyl (C=O) groups excluding carboxylic acids is 1. The number of ketones is 1. The molecule has 2 atom stereocenters. The maximum absolute atomic E-state index is 12.8. The number of hydrogen-bond donors (Lipinski definition) is 0. The van der Waals surface area contributed by atoms with Crippen LogP contribution in [0.25, 0.3) is 0 Å². The Morgan fingerprint density at radius 3 is 2.71 bits per heavy atom. The molecule has 1 fully saturated rings. The van der Waals surface area contributed by atoms with Crippen LogP contribution < -0.4 is 0 Å². The number of benzene rings is 1. The van der Waals surface area contributed by atoms with Crippen LogP contribution in [0.15, 0.2) is 24.3 Å². The molecule has 2 unspecified atom stereocenters. The SMILES string of the molecule is CCCc1cccc(C(=O)C2CCCC(C(F)(F)F)C2)c1. The van der Waals surface area contributed by atoms with Crippen LogP contribution in [-0.2, 0) is 6.42 Å². The normalized spacial score (nSPS) is 23.0. The molecule has 0 radical (unpaired) electrons. The van der Waals surface area contributed by atoms with Crippen LogP contribution in [0.4, 0.5) is 13.2 Å². The van der Waals surface area contributed by atoms with Crippen molar-refractivity contribution in [3.8, 4) is 0 Å².